The maximum absolute atomic E-state index is 12.1. The van der Waals surface area contributed by atoms with Crippen LogP contribution in [0.15, 0.2) is 23.1 Å². The first-order chi connectivity index (χ1) is 9.40. The van der Waals surface area contributed by atoms with Crippen LogP contribution < -0.4 is 10.5 Å². The molecule has 3 N–H and O–H groups in total. The largest absolute Gasteiger partial charge is 0.398 e. The van der Waals surface area contributed by atoms with Crippen molar-refractivity contribution in [3.05, 3.63) is 23.2 Å². The van der Waals surface area contributed by atoms with Gasteiger partial charge in [-0.3, -0.25) is 0 Å². The molecule has 20 heavy (non-hydrogen) atoms. The topological polar surface area (TPSA) is 75.4 Å². The molecule has 1 rings (SSSR count). The minimum Gasteiger partial charge on any atom is -0.398 e. The molecule has 0 heterocycles. The van der Waals surface area contributed by atoms with E-state index in [0.29, 0.717) is 12.2 Å². The Kier molecular flexibility index (Phi) is 6.75. The fourth-order valence-corrected chi connectivity index (χ4v) is 3.15. The predicted octanol–water partition coefficient (Wildman–Crippen LogP) is 1.93. The Labute approximate surface area is 126 Å². The fourth-order valence-electron chi connectivity index (χ4n) is 1.81. The second kappa shape index (κ2) is 7.83. The van der Waals surface area contributed by atoms with Gasteiger partial charge in [-0.15, -0.1) is 0 Å². The van der Waals surface area contributed by atoms with Gasteiger partial charge >= 0.3 is 0 Å². The average molecular weight is 320 g/mol. The van der Waals surface area contributed by atoms with E-state index in [2.05, 4.69) is 23.5 Å². The van der Waals surface area contributed by atoms with Crippen molar-refractivity contribution in [2.24, 2.45) is 0 Å². The highest BCUT2D eigenvalue weighted by Gasteiger charge is 2.14. The third-order valence-electron chi connectivity index (χ3n) is 3.12. The standard InChI is InChI=1S/C13H22ClN3O2S/c1-3-17(4-2)9-5-8-16-20(18,19)11-6-7-13(15)12(14)10-11/h6-7,10,16H,3-5,8-9,15H2,1-2H3. The lowest BCUT2D eigenvalue weighted by Crippen LogP contribution is -2.30. The first-order valence-corrected chi connectivity index (χ1v) is 8.53. The molecule has 0 aliphatic rings. The molecule has 0 saturated heterocycles. The second-order valence-corrected chi connectivity index (χ2v) is 6.64. The number of rotatable bonds is 8. The average Bonchev–Trinajstić information content (AvgIpc) is 2.42. The number of nitrogens with zero attached hydrogens (tertiary/aromatic N) is 1. The molecule has 114 valence electrons. The smallest absolute Gasteiger partial charge is 0.240 e. The van der Waals surface area contributed by atoms with E-state index in [1.165, 1.54) is 18.2 Å². The van der Waals surface area contributed by atoms with E-state index < -0.39 is 10.0 Å². The van der Waals surface area contributed by atoms with Gasteiger partial charge in [-0.25, -0.2) is 13.1 Å². The summed E-state index contributed by atoms with van der Waals surface area (Å²) in [6, 6.07) is 4.31. The summed E-state index contributed by atoms with van der Waals surface area (Å²) in [6.07, 6.45) is 0.767. The summed E-state index contributed by atoms with van der Waals surface area (Å²) in [6.45, 7) is 7.39. The maximum Gasteiger partial charge on any atom is 0.240 e. The first kappa shape index (κ1) is 17.2. The van der Waals surface area contributed by atoms with E-state index in [0.717, 1.165) is 26.1 Å². The van der Waals surface area contributed by atoms with Crippen molar-refractivity contribution in [3.8, 4) is 0 Å². The van der Waals surface area contributed by atoms with Crippen LogP contribution in [0.2, 0.25) is 5.02 Å². The normalized spacial score (nSPS) is 12.0. The van der Waals surface area contributed by atoms with Gasteiger partial charge in [-0.05, 0) is 44.3 Å². The molecule has 0 amide bonds. The van der Waals surface area contributed by atoms with Gasteiger partial charge in [0.15, 0.2) is 0 Å². The number of nitrogens with one attached hydrogen (secondary N) is 1. The predicted molar refractivity (Wildman–Crippen MR) is 83.5 cm³/mol. The molecule has 0 fully saturated rings. The van der Waals surface area contributed by atoms with Crippen LogP contribution in [0.4, 0.5) is 5.69 Å². The van der Waals surface area contributed by atoms with Gasteiger partial charge in [0.25, 0.3) is 0 Å². The van der Waals surface area contributed by atoms with Crippen LogP contribution in [0.3, 0.4) is 0 Å². The number of sulfonamides is 1. The highest BCUT2D eigenvalue weighted by Crippen LogP contribution is 2.22. The van der Waals surface area contributed by atoms with Crippen LogP contribution in [0.1, 0.15) is 20.3 Å². The molecule has 1 aromatic carbocycles. The molecular weight excluding hydrogens is 298 g/mol. The zero-order valence-corrected chi connectivity index (χ0v) is 13.5. The van der Waals surface area contributed by atoms with Crippen LogP contribution in [-0.2, 0) is 10.0 Å². The van der Waals surface area contributed by atoms with Gasteiger partial charge < -0.3 is 10.6 Å². The molecule has 0 atom stereocenters. The third kappa shape index (κ3) is 4.94. The van der Waals surface area contributed by atoms with Gasteiger partial charge in [-0.2, -0.15) is 0 Å². The van der Waals surface area contributed by atoms with E-state index in [-0.39, 0.29) is 9.92 Å². The summed E-state index contributed by atoms with van der Waals surface area (Å²) >= 11 is 5.84. The molecule has 0 aliphatic heterocycles. The minimum atomic E-state index is -3.52. The van der Waals surface area contributed by atoms with Crippen molar-refractivity contribution >= 4 is 27.3 Å². The van der Waals surface area contributed by atoms with Gasteiger partial charge in [-0.1, -0.05) is 25.4 Å². The van der Waals surface area contributed by atoms with Crippen LogP contribution in [0.25, 0.3) is 0 Å². The first-order valence-electron chi connectivity index (χ1n) is 6.67. The third-order valence-corrected chi connectivity index (χ3v) is 4.91. The maximum atomic E-state index is 12.1. The molecule has 5 nitrogen and oxygen atoms in total. The number of anilines is 1. The summed E-state index contributed by atoms with van der Waals surface area (Å²) in [7, 11) is -3.52. The zero-order valence-electron chi connectivity index (χ0n) is 11.9. The Hall–Kier alpha value is -0.820. The quantitative estimate of drug-likeness (QED) is 0.567. The van der Waals surface area contributed by atoms with Crippen LogP contribution in [0.5, 0.6) is 0 Å². The Morgan fingerprint density at radius 2 is 1.95 bits per heavy atom. The highest BCUT2D eigenvalue weighted by molar-refractivity contribution is 7.89. The van der Waals surface area contributed by atoms with Gasteiger partial charge in [0.2, 0.25) is 10.0 Å². The summed E-state index contributed by atoms with van der Waals surface area (Å²) < 4.78 is 26.7. The second-order valence-electron chi connectivity index (χ2n) is 4.46. The van der Waals surface area contributed by atoms with E-state index in [4.69, 9.17) is 17.3 Å². The summed E-state index contributed by atoms with van der Waals surface area (Å²) in [5, 5.41) is 0.246. The van der Waals surface area contributed by atoms with E-state index >= 15 is 0 Å². The van der Waals surface area contributed by atoms with E-state index in [1.54, 1.807) is 0 Å². The van der Waals surface area contributed by atoms with Gasteiger partial charge in [0.1, 0.15) is 0 Å². The molecule has 0 aliphatic carbocycles. The number of halogens is 1. The van der Waals surface area contributed by atoms with Crippen molar-refractivity contribution in [2.45, 2.75) is 25.2 Å². The molecule has 0 aromatic heterocycles. The molecule has 0 saturated carbocycles. The van der Waals surface area contributed by atoms with E-state index in [9.17, 15) is 8.42 Å². The number of hydrogen-bond donors (Lipinski definition) is 2. The molecule has 0 radical (unpaired) electrons. The zero-order chi connectivity index (χ0) is 15.2. The van der Waals surface area contributed by atoms with Crippen LogP contribution >= 0.6 is 11.6 Å². The molecule has 0 spiro atoms. The number of nitrogen functional groups attached to an aromatic ring is 1. The molecule has 7 heteroatoms. The molecule has 0 unspecified atom stereocenters. The van der Waals surface area contributed by atoms with Gasteiger partial charge in [0.05, 0.1) is 15.6 Å². The lowest BCUT2D eigenvalue weighted by atomic mass is 10.3. The van der Waals surface area contributed by atoms with Crippen molar-refractivity contribution in [1.29, 1.82) is 0 Å². The van der Waals surface area contributed by atoms with Crippen LogP contribution in [0, 0.1) is 0 Å². The molecule has 0 bridgehead atoms. The van der Waals surface area contributed by atoms with Crippen molar-refractivity contribution in [2.75, 3.05) is 31.9 Å². The van der Waals surface area contributed by atoms with E-state index in [1.807, 2.05) is 0 Å². The van der Waals surface area contributed by atoms with Gasteiger partial charge in [0, 0.05) is 6.54 Å². The van der Waals surface area contributed by atoms with Crippen molar-refractivity contribution < 1.29 is 8.42 Å². The number of nitrogens with two attached hydrogens (primary N) is 1. The lowest BCUT2D eigenvalue weighted by Gasteiger charge is -2.17. The van der Waals surface area contributed by atoms with Crippen molar-refractivity contribution in [3.63, 3.8) is 0 Å². The molecule has 1 aromatic rings. The summed E-state index contributed by atoms with van der Waals surface area (Å²) in [5.74, 6) is 0. The number of hydrogen-bond acceptors (Lipinski definition) is 4. The van der Waals surface area contributed by atoms with Crippen molar-refractivity contribution in [1.82, 2.24) is 9.62 Å². The molecular formula is C13H22ClN3O2S. The fraction of sp³-hybridized carbons (Fsp3) is 0.538. The number of benzene rings is 1. The Morgan fingerprint density at radius 3 is 2.50 bits per heavy atom. The Bertz CT molecular complexity index is 530. The Balaban J connectivity index is 2.55. The monoisotopic (exact) mass is 319 g/mol. The highest BCUT2D eigenvalue weighted by atomic mass is 35.5. The summed E-state index contributed by atoms with van der Waals surface area (Å²) in [4.78, 5) is 2.38. The Morgan fingerprint density at radius 1 is 1.30 bits per heavy atom. The minimum absolute atomic E-state index is 0.138. The SMILES string of the molecule is CCN(CC)CCCNS(=O)(=O)c1ccc(N)c(Cl)c1. The lowest BCUT2D eigenvalue weighted by molar-refractivity contribution is 0.300. The summed E-state index contributed by atoms with van der Waals surface area (Å²) in [5.41, 5.74) is 5.93. The van der Waals surface area contributed by atoms with Crippen LogP contribution in [-0.4, -0.2) is 39.5 Å².